The lowest BCUT2D eigenvalue weighted by Crippen LogP contribution is -1.93. The maximum absolute atomic E-state index is 14.2. The highest BCUT2D eigenvalue weighted by molar-refractivity contribution is 14.1. The Hall–Kier alpha value is -2.47. The second-order valence-corrected chi connectivity index (χ2v) is 6.80. The fourth-order valence-electron chi connectivity index (χ4n) is 2.66. The predicted octanol–water partition coefficient (Wildman–Crippen LogP) is 6.44. The summed E-state index contributed by atoms with van der Waals surface area (Å²) < 4.78 is 21.4. The van der Waals surface area contributed by atoms with Crippen LogP contribution in [0.25, 0.3) is 22.2 Å². The normalized spacial score (nSPS) is 10.8. The van der Waals surface area contributed by atoms with Crippen molar-refractivity contribution in [3.05, 3.63) is 88.3 Å². The molecular formula is C21H13FINO. The van der Waals surface area contributed by atoms with E-state index in [0.29, 0.717) is 17.0 Å². The Bertz CT molecular complexity index is 1050. The first kappa shape index (κ1) is 16.0. The maximum Gasteiger partial charge on any atom is 0.138 e. The molecule has 4 aromatic rings. The minimum absolute atomic E-state index is 0.300. The third-order valence-corrected chi connectivity index (χ3v) is 4.59. The van der Waals surface area contributed by atoms with Crippen LogP contribution in [0.1, 0.15) is 0 Å². The summed E-state index contributed by atoms with van der Waals surface area (Å²) in [5.74, 6) is 1.09. The van der Waals surface area contributed by atoms with Gasteiger partial charge in [0, 0.05) is 20.6 Å². The lowest BCUT2D eigenvalue weighted by molar-refractivity contribution is 0.488. The van der Waals surface area contributed by atoms with E-state index in [2.05, 4.69) is 27.6 Å². The van der Waals surface area contributed by atoms with Gasteiger partial charge in [-0.15, -0.1) is 0 Å². The molecular weight excluding hydrogens is 428 g/mol. The van der Waals surface area contributed by atoms with Crippen LogP contribution in [0.15, 0.2) is 78.9 Å². The lowest BCUT2D eigenvalue weighted by Gasteiger charge is -2.12. The minimum atomic E-state index is -0.300. The third-order valence-electron chi connectivity index (χ3n) is 3.87. The van der Waals surface area contributed by atoms with Crippen molar-refractivity contribution in [3.63, 3.8) is 0 Å². The summed E-state index contributed by atoms with van der Waals surface area (Å²) in [5, 5.41) is 0.890. The van der Waals surface area contributed by atoms with E-state index in [4.69, 9.17) is 4.74 Å². The van der Waals surface area contributed by atoms with Crippen LogP contribution < -0.4 is 4.74 Å². The van der Waals surface area contributed by atoms with Gasteiger partial charge in [0.25, 0.3) is 0 Å². The molecule has 122 valence electrons. The molecule has 2 nitrogen and oxygen atoms in total. The Morgan fingerprint density at radius 3 is 2.36 bits per heavy atom. The van der Waals surface area contributed by atoms with Crippen LogP contribution in [0.3, 0.4) is 0 Å². The molecule has 4 rings (SSSR count). The molecule has 0 saturated heterocycles. The molecule has 0 spiro atoms. The highest BCUT2D eigenvalue weighted by atomic mass is 127. The second-order valence-electron chi connectivity index (χ2n) is 5.56. The zero-order valence-electron chi connectivity index (χ0n) is 13.1. The van der Waals surface area contributed by atoms with Crippen molar-refractivity contribution in [3.8, 4) is 22.8 Å². The number of ether oxygens (including phenoxy) is 1. The minimum Gasteiger partial charge on any atom is -0.457 e. The van der Waals surface area contributed by atoms with Gasteiger partial charge >= 0.3 is 0 Å². The SMILES string of the molecule is Fc1ccccc1-c1cc(Oc2ccc(I)cc2)c2ccccc2n1. The van der Waals surface area contributed by atoms with Crippen molar-refractivity contribution in [1.29, 1.82) is 0 Å². The number of fused-ring (bicyclic) bond motifs is 1. The monoisotopic (exact) mass is 441 g/mol. The van der Waals surface area contributed by atoms with Crippen molar-refractivity contribution in [1.82, 2.24) is 4.98 Å². The molecule has 0 aliphatic heterocycles. The molecule has 0 saturated carbocycles. The fraction of sp³-hybridized carbons (Fsp3) is 0. The Morgan fingerprint density at radius 2 is 1.56 bits per heavy atom. The zero-order valence-corrected chi connectivity index (χ0v) is 15.3. The van der Waals surface area contributed by atoms with Gasteiger partial charge in [0.15, 0.2) is 0 Å². The number of aromatic nitrogens is 1. The van der Waals surface area contributed by atoms with Gasteiger partial charge in [-0.2, -0.15) is 0 Å². The molecule has 0 aliphatic rings. The summed E-state index contributed by atoms with van der Waals surface area (Å²) in [5.41, 5.74) is 1.78. The predicted molar refractivity (Wildman–Crippen MR) is 106 cm³/mol. The molecule has 0 bridgehead atoms. The summed E-state index contributed by atoms with van der Waals surface area (Å²) in [6, 6.07) is 23.9. The maximum atomic E-state index is 14.2. The topological polar surface area (TPSA) is 22.1 Å². The Morgan fingerprint density at radius 1 is 0.840 bits per heavy atom. The number of halogens is 2. The van der Waals surface area contributed by atoms with Gasteiger partial charge in [0.2, 0.25) is 0 Å². The summed E-state index contributed by atoms with van der Waals surface area (Å²) in [6.45, 7) is 0. The molecule has 0 fully saturated rings. The summed E-state index contributed by atoms with van der Waals surface area (Å²) in [7, 11) is 0. The van der Waals surface area contributed by atoms with Gasteiger partial charge < -0.3 is 4.74 Å². The first-order valence-corrected chi connectivity index (χ1v) is 8.87. The Labute approximate surface area is 158 Å². The van der Waals surface area contributed by atoms with Crippen molar-refractivity contribution < 1.29 is 9.13 Å². The summed E-state index contributed by atoms with van der Waals surface area (Å²) in [4.78, 5) is 4.60. The third kappa shape index (κ3) is 3.35. The van der Waals surface area contributed by atoms with E-state index in [-0.39, 0.29) is 5.82 Å². The number of para-hydroxylation sites is 1. The number of rotatable bonds is 3. The number of pyridine rings is 1. The van der Waals surface area contributed by atoms with Crippen molar-refractivity contribution >= 4 is 33.5 Å². The van der Waals surface area contributed by atoms with Gasteiger partial charge in [0.05, 0.1) is 11.2 Å². The van der Waals surface area contributed by atoms with Crippen molar-refractivity contribution in [2.45, 2.75) is 0 Å². The molecule has 3 aromatic carbocycles. The first-order valence-electron chi connectivity index (χ1n) is 7.79. The second kappa shape index (κ2) is 6.80. The van der Waals surface area contributed by atoms with Crippen molar-refractivity contribution in [2.24, 2.45) is 0 Å². The van der Waals surface area contributed by atoms with Gasteiger partial charge in [-0.05, 0) is 71.1 Å². The largest absolute Gasteiger partial charge is 0.457 e. The molecule has 0 unspecified atom stereocenters. The van der Waals surface area contributed by atoms with E-state index in [1.807, 2.05) is 48.5 Å². The van der Waals surface area contributed by atoms with Gasteiger partial charge in [-0.3, -0.25) is 0 Å². The van der Waals surface area contributed by atoms with Gasteiger partial charge in [0.1, 0.15) is 17.3 Å². The Kier molecular flexibility index (Phi) is 4.36. The van der Waals surface area contributed by atoms with Crippen LogP contribution >= 0.6 is 22.6 Å². The smallest absolute Gasteiger partial charge is 0.138 e. The van der Waals surface area contributed by atoms with E-state index in [0.717, 1.165) is 20.2 Å². The Balaban J connectivity index is 1.87. The molecule has 0 amide bonds. The number of nitrogens with zero attached hydrogens (tertiary/aromatic N) is 1. The molecule has 1 aromatic heterocycles. The number of benzene rings is 3. The number of hydrogen-bond donors (Lipinski definition) is 0. The van der Waals surface area contributed by atoms with E-state index in [1.165, 1.54) is 6.07 Å². The van der Waals surface area contributed by atoms with Crippen LogP contribution in [0.2, 0.25) is 0 Å². The molecule has 0 atom stereocenters. The highest BCUT2D eigenvalue weighted by Crippen LogP contribution is 2.34. The first-order chi connectivity index (χ1) is 12.2. The molecule has 25 heavy (non-hydrogen) atoms. The highest BCUT2D eigenvalue weighted by Gasteiger charge is 2.12. The fourth-order valence-corrected chi connectivity index (χ4v) is 3.02. The number of hydrogen-bond acceptors (Lipinski definition) is 2. The molecule has 0 N–H and O–H groups in total. The molecule has 0 aliphatic carbocycles. The van der Waals surface area contributed by atoms with Crippen LogP contribution in [0, 0.1) is 9.39 Å². The zero-order chi connectivity index (χ0) is 17.2. The standard InChI is InChI=1S/C21H13FINO/c22-18-7-3-1-5-16(18)20-13-21(17-6-2-4-8-19(17)24-20)25-15-11-9-14(23)10-12-15/h1-13H. The lowest BCUT2D eigenvalue weighted by atomic mass is 10.1. The average molecular weight is 441 g/mol. The van der Waals surface area contributed by atoms with Crippen molar-refractivity contribution in [2.75, 3.05) is 0 Å². The molecule has 4 heteroatoms. The van der Waals surface area contributed by atoms with E-state index in [1.54, 1.807) is 24.3 Å². The van der Waals surface area contributed by atoms with Crippen LogP contribution in [0.4, 0.5) is 4.39 Å². The average Bonchev–Trinajstić information content (AvgIpc) is 2.64. The van der Waals surface area contributed by atoms with E-state index < -0.39 is 0 Å². The van der Waals surface area contributed by atoms with E-state index in [9.17, 15) is 4.39 Å². The summed E-state index contributed by atoms with van der Waals surface area (Å²) >= 11 is 2.25. The quantitative estimate of drug-likeness (QED) is 0.342. The van der Waals surface area contributed by atoms with Crippen LogP contribution in [-0.4, -0.2) is 4.98 Å². The molecule has 0 radical (unpaired) electrons. The summed E-state index contributed by atoms with van der Waals surface area (Å²) in [6.07, 6.45) is 0. The molecule has 1 heterocycles. The van der Waals surface area contributed by atoms with E-state index >= 15 is 0 Å². The van der Waals surface area contributed by atoms with Gasteiger partial charge in [-0.1, -0.05) is 24.3 Å². The van der Waals surface area contributed by atoms with Crippen LogP contribution in [0.5, 0.6) is 11.5 Å². The van der Waals surface area contributed by atoms with Gasteiger partial charge in [-0.25, -0.2) is 9.37 Å². The van der Waals surface area contributed by atoms with Crippen LogP contribution in [-0.2, 0) is 0 Å².